The van der Waals surface area contributed by atoms with Gasteiger partial charge < -0.3 is 15.3 Å². The van der Waals surface area contributed by atoms with Gasteiger partial charge in [0.15, 0.2) is 5.13 Å². The van der Waals surface area contributed by atoms with E-state index in [4.69, 9.17) is 0 Å². The SMILES string of the molecule is CN(C)c1nc(CNC(=O)c2cccc(CCC(C)(C)O)c2)cs1. The van der Waals surface area contributed by atoms with Crippen molar-refractivity contribution in [2.75, 3.05) is 19.0 Å². The monoisotopic (exact) mass is 347 g/mol. The van der Waals surface area contributed by atoms with E-state index in [1.54, 1.807) is 31.3 Å². The molecule has 0 aliphatic carbocycles. The summed E-state index contributed by atoms with van der Waals surface area (Å²) in [5.41, 5.74) is 1.84. The number of aryl methyl sites for hydroxylation is 1. The third kappa shape index (κ3) is 5.62. The number of carbonyl (C=O) groups is 1. The Kier molecular flexibility index (Phi) is 5.96. The molecule has 5 nitrogen and oxygen atoms in total. The molecular weight excluding hydrogens is 322 g/mol. The summed E-state index contributed by atoms with van der Waals surface area (Å²) in [7, 11) is 3.89. The molecule has 0 unspecified atom stereocenters. The van der Waals surface area contributed by atoms with Crippen molar-refractivity contribution in [3.05, 3.63) is 46.5 Å². The second-order valence-corrected chi connectivity index (χ2v) is 7.55. The number of hydrogen-bond donors (Lipinski definition) is 2. The third-order valence-electron chi connectivity index (χ3n) is 3.57. The Labute approximate surface area is 147 Å². The number of aliphatic hydroxyl groups is 1. The molecule has 24 heavy (non-hydrogen) atoms. The Hall–Kier alpha value is -1.92. The maximum absolute atomic E-state index is 12.3. The van der Waals surface area contributed by atoms with Crippen LogP contribution in [0, 0.1) is 0 Å². The van der Waals surface area contributed by atoms with Crippen molar-refractivity contribution in [3.8, 4) is 0 Å². The first-order valence-electron chi connectivity index (χ1n) is 7.96. The first kappa shape index (κ1) is 18.4. The number of thiazole rings is 1. The summed E-state index contributed by atoms with van der Waals surface area (Å²) in [6.45, 7) is 4.00. The highest BCUT2D eigenvalue weighted by molar-refractivity contribution is 7.13. The predicted octanol–water partition coefficient (Wildman–Crippen LogP) is 2.84. The van der Waals surface area contributed by atoms with Gasteiger partial charge in [0.1, 0.15) is 0 Å². The van der Waals surface area contributed by atoms with Crippen LogP contribution in [0.4, 0.5) is 5.13 Å². The fourth-order valence-electron chi connectivity index (χ4n) is 2.17. The molecule has 130 valence electrons. The minimum absolute atomic E-state index is 0.112. The summed E-state index contributed by atoms with van der Waals surface area (Å²) in [5, 5.41) is 15.6. The molecule has 1 heterocycles. The zero-order valence-corrected chi connectivity index (χ0v) is 15.5. The molecule has 2 rings (SSSR count). The van der Waals surface area contributed by atoms with Gasteiger partial charge in [0.25, 0.3) is 5.91 Å². The molecule has 0 bridgehead atoms. The summed E-state index contributed by atoms with van der Waals surface area (Å²) in [6, 6.07) is 7.54. The first-order chi connectivity index (χ1) is 11.2. The number of amides is 1. The van der Waals surface area contributed by atoms with Gasteiger partial charge in [0.05, 0.1) is 17.8 Å². The Morgan fingerprint density at radius 1 is 1.38 bits per heavy atom. The lowest BCUT2D eigenvalue weighted by molar-refractivity contribution is 0.0714. The van der Waals surface area contributed by atoms with Crippen LogP contribution in [0.15, 0.2) is 29.6 Å². The highest BCUT2D eigenvalue weighted by Crippen LogP contribution is 2.18. The predicted molar refractivity (Wildman–Crippen MR) is 98.7 cm³/mol. The van der Waals surface area contributed by atoms with Crippen molar-refractivity contribution in [1.29, 1.82) is 0 Å². The molecule has 6 heteroatoms. The van der Waals surface area contributed by atoms with Gasteiger partial charge >= 0.3 is 0 Å². The maximum Gasteiger partial charge on any atom is 0.251 e. The van der Waals surface area contributed by atoms with E-state index in [0.29, 0.717) is 18.5 Å². The van der Waals surface area contributed by atoms with Gasteiger partial charge in [-0.25, -0.2) is 4.98 Å². The average molecular weight is 347 g/mol. The van der Waals surface area contributed by atoms with E-state index in [0.717, 1.165) is 22.8 Å². The van der Waals surface area contributed by atoms with Crippen molar-refractivity contribution in [1.82, 2.24) is 10.3 Å². The largest absolute Gasteiger partial charge is 0.390 e. The zero-order chi connectivity index (χ0) is 17.7. The topological polar surface area (TPSA) is 65.5 Å². The molecule has 0 atom stereocenters. The lowest BCUT2D eigenvalue weighted by atomic mass is 9.98. The summed E-state index contributed by atoms with van der Waals surface area (Å²) >= 11 is 1.56. The molecule has 0 fully saturated rings. The van der Waals surface area contributed by atoms with E-state index >= 15 is 0 Å². The zero-order valence-electron chi connectivity index (χ0n) is 14.7. The number of hydrogen-bond acceptors (Lipinski definition) is 5. The van der Waals surface area contributed by atoms with E-state index in [9.17, 15) is 9.90 Å². The van der Waals surface area contributed by atoms with Crippen molar-refractivity contribution < 1.29 is 9.90 Å². The quantitative estimate of drug-likeness (QED) is 0.808. The fraction of sp³-hybridized carbons (Fsp3) is 0.444. The van der Waals surface area contributed by atoms with Crippen LogP contribution in [0.2, 0.25) is 0 Å². The van der Waals surface area contributed by atoms with Gasteiger partial charge in [-0.2, -0.15) is 0 Å². The Balaban J connectivity index is 1.94. The van der Waals surface area contributed by atoms with E-state index in [1.807, 2.05) is 42.6 Å². The van der Waals surface area contributed by atoms with Crippen LogP contribution in [0.25, 0.3) is 0 Å². The minimum atomic E-state index is -0.701. The number of carbonyl (C=O) groups excluding carboxylic acids is 1. The molecule has 2 aromatic rings. The average Bonchev–Trinajstić information content (AvgIpc) is 2.99. The van der Waals surface area contributed by atoms with Crippen molar-refractivity contribution in [2.24, 2.45) is 0 Å². The number of nitrogens with zero attached hydrogens (tertiary/aromatic N) is 2. The number of nitrogens with one attached hydrogen (secondary N) is 1. The molecule has 1 amide bonds. The molecule has 1 aromatic carbocycles. The molecule has 0 spiro atoms. The van der Waals surface area contributed by atoms with Gasteiger partial charge in [-0.15, -0.1) is 11.3 Å². The van der Waals surface area contributed by atoms with Crippen LogP contribution in [-0.2, 0) is 13.0 Å². The number of benzene rings is 1. The van der Waals surface area contributed by atoms with Crippen LogP contribution < -0.4 is 10.2 Å². The summed E-state index contributed by atoms with van der Waals surface area (Å²) in [4.78, 5) is 18.7. The number of anilines is 1. The summed E-state index contributed by atoms with van der Waals surface area (Å²) < 4.78 is 0. The van der Waals surface area contributed by atoms with Crippen molar-refractivity contribution >= 4 is 22.4 Å². The van der Waals surface area contributed by atoms with Crippen LogP contribution in [0.5, 0.6) is 0 Å². The lowest BCUT2D eigenvalue weighted by Gasteiger charge is -2.16. The van der Waals surface area contributed by atoms with Gasteiger partial charge in [-0.3, -0.25) is 4.79 Å². The smallest absolute Gasteiger partial charge is 0.251 e. The van der Waals surface area contributed by atoms with E-state index in [2.05, 4.69) is 10.3 Å². The molecule has 0 saturated carbocycles. The van der Waals surface area contributed by atoms with Gasteiger partial charge in [-0.1, -0.05) is 12.1 Å². The molecule has 0 aliphatic heterocycles. The maximum atomic E-state index is 12.3. The molecule has 2 N–H and O–H groups in total. The van der Waals surface area contributed by atoms with Crippen LogP contribution >= 0.6 is 11.3 Å². The Morgan fingerprint density at radius 2 is 2.12 bits per heavy atom. The fourth-order valence-corrected chi connectivity index (χ4v) is 2.93. The Bertz CT molecular complexity index is 690. The van der Waals surface area contributed by atoms with Gasteiger partial charge in [0, 0.05) is 25.0 Å². The van der Waals surface area contributed by atoms with Crippen molar-refractivity contribution in [2.45, 2.75) is 38.8 Å². The minimum Gasteiger partial charge on any atom is -0.390 e. The third-order valence-corrected chi connectivity index (χ3v) is 4.62. The normalized spacial score (nSPS) is 11.4. The number of rotatable bonds is 7. The summed E-state index contributed by atoms with van der Waals surface area (Å²) in [6.07, 6.45) is 1.40. The second kappa shape index (κ2) is 7.77. The molecule has 0 saturated heterocycles. The number of aromatic nitrogens is 1. The second-order valence-electron chi connectivity index (χ2n) is 6.71. The van der Waals surface area contributed by atoms with Crippen LogP contribution in [-0.4, -0.2) is 35.7 Å². The van der Waals surface area contributed by atoms with E-state index in [-0.39, 0.29) is 5.91 Å². The van der Waals surface area contributed by atoms with Crippen molar-refractivity contribution in [3.63, 3.8) is 0 Å². The van der Waals surface area contributed by atoms with E-state index < -0.39 is 5.60 Å². The highest BCUT2D eigenvalue weighted by Gasteiger charge is 2.13. The molecule has 0 radical (unpaired) electrons. The van der Waals surface area contributed by atoms with E-state index in [1.165, 1.54) is 0 Å². The highest BCUT2D eigenvalue weighted by atomic mass is 32.1. The van der Waals surface area contributed by atoms with Gasteiger partial charge in [-0.05, 0) is 44.4 Å². The van der Waals surface area contributed by atoms with Gasteiger partial charge in [0.2, 0.25) is 0 Å². The standard InChI is InChI=1S/C18H25N3O2S/c1-18(2,23)9-8-13-6-5-7-14(10-13)16(22)19-11-15-12-24-17(20-15)21(3)4/h5-7,10,12,23H,8-9,11H2,1-4H3,(H,19,22). The van der Waals surface area contributed by atoms with Crippen LogP contribution in [0.1, 0.15) is 41.9 Å². The molecule has 0 aliphatic rings. The molecular formula is C18H25N3O2S. The van der Waals surface area contributed by atoms with Crippen LogP contribution in [0.3, 0.4) is 0 Å². The molecule has 1 aromatic heterocycles. The lowest BCUT2D eigenvalue weighted by Crippen LogP contribution is -2.23. The first-order valence-corrected chi connectivity index (χ1v) is 8.84. The summed E-state index contributed by atoms with van der Waals surface area (Å²) in [5.74, 6) is -0.112. The Morgan fingerprint density at radius 3 is 2.75 bits per heavy atom.